The van der Waals surface area contributed by atoms with Gasteiger partial charge in [-0.05, 0) is 18.2 Å². The summed E-state index contributed by atoms with van der Waals surface area (Å²) in [5, 5.41) is 18.6. The van der Waals surface area contributed by atoms with Crippen molar-refractivity contribution in [3.63, 3.8) is 0 Å². The van der Waals surface area contributed by atoms with E-state index in [1.165, 1.54) is 13.0 Å². The van der Waals surface area contributed by atoms with Crippen molar-refractivity contribution in [2.45, 2.75) is 19.4 Å². The highest BCUT2D eigenvalue weighted by atomic mass is 19.1. The molecule has 3 rings (SSSR count). The third-order valence-electron chi connectivity index (χ3n) is 4.18. The Morgan fingerprint density at radius 2 is 2.28 bits per heavy atom. The molecule has 8 nitrogen and oxygen atoms in total. The summed E-state index contributed by atoms with van der Waals surface area (Å²) in [4.78, 5) is 14.3. The summed E-state index contributed by atoms with van der Waals surface area (Å²) in [7, 11) is 1.86. The van der Waals surface area contributed by atoms with E-state index in [9.17, 15) is 14.3 Å². The van der Waals surface area contributed by atoms with Crippen LogP contribution in [0.2, 0.25) is 0 Å². The maximum atomic E-state index is 14.5. The van der Waals surface area contributed by atoms with Crippen molar-refractivity contribution in [3.8, 4) is 0 Å². The Labute approximate surface area is 145 Å². The van der Waals surface area contributed by atoms with Crippen molar-refractivity contribution < 1.29 is 19.0 Å². The summed E-state index contributed by atoms with van der Waals surface area (Å²) < 4.78 is 19.9. The van der Waals surface area contributed by atoms with Gasteiger partial charge >= 0.3 is 0 Å². The first kappa shape index (κ1) is 17.4. The molecule has 2 atom stereocenters. The van der Waals surface area contributed by atoms with Crippen LogP contribution in [0.5, 0.6) is 0 Å². The van der Waals surface area contributed by atoms with Gasteiger partial charge in [0, 0.05) is 32.7 Å². The number of likely N-dealkylation sites (N-methyl/N-ethyl adjacent to an activating group) is 1. The first-order valence-electron chi connectivity index (χ1n) is 8.10. The fourth-order valence-corrected chi connectivity index (χ4v) is 2.81. The number of ether oxygens (including phenoxy) is 1. The number of rotatable bonds is 4. The SMILES string of the molecule is CC(=O)NCC1CN(c2ccc(N3C=NN(C)CC3)c(F)c2)C(O)O1. The van der Waals surface area contributed by atoms with Gasteiger partial charge in [0.25, 0.3) is 0 Å². The van der Waals surface area contributed by atoms with Crippen LogP contribution in [0.25, 0.3) is 0 Å². The highest BCUT2D eigenvalue weighted by Gasteiger charge is 2.32. The van der Waals surface area contributed by atoms with Gasteiger partial charge in [-0.25, -0.2) is 4.39 Å². The fraction of sp³-hybridized carbons (Fsp3) is 0.500. The zero-order valence-electron chi connectivity index (χ0n) is 14.2. The van der Waals surface area contributed by atoms with Crippen molar-refractivity contribution in [2.24, 2.45) is 5.10 Å². The minimum absolute atomic E-state index is 0.166. The number of amides is 1. The molecule has 2 unspecified atom stereocenters. The molecule has 9 heteroatoms. The molecule has 0 aromatic heterocycles. The molecule has 2 aliphatic rings. The molecule has 1 aromatic carbocycles. The standard InChI is InChI=1S/C16H22FN5O3/c1-11(23)18-8-13-9-22(16(24)25-13)12-3-4-15(14(17)7-12)21-6-5-20(2)19-10-21/h3-4,7,10,13,16,24H,5-6,8-9H2,1-2H3,(H,18,23). The lowest BCUT2D eigenvalue weighted by atomic mass is 10.2. The summed E-state index contributed by atoms with van der Waals surface area (Å²) in [5.41, 5.74) is 0.954. The van der Waals surface area contributed by atoms with Gasteiger partial charge in [-0.2, -0.15) is 5.10 Å². The number of nitrogens with one attached hydrogen (secondary N) is 1. The molecule has 1 fully saturated rings. The van der Waals surface area contributed by atoms with E-state index in [1.54, 1.807) is 33.3 Å². The number of nitrogens with zero attached hydrogens (tertiary/aromatic N) is 4. The van der Waals surface area contributed by atoms with E-state index in [1.807, 2.05) is 7.05 Å². The lowest BCUT2D eigenvalue weighted by Crippen LogP contribution is -2.36. The van der Waals surface area contributed by atoms with Gasteiger partial charge in [0.05, 0.1) is 24.9 Å². The number of hydrogen-bond acceptors (Lipinski definition) is 7. The maximum absolute atomic E-state index is 14.5. The van der Waals surface area contributed by atoms with Gasteiger partial charge in [0.2, 0.25) is 12.3 Å². The Hall–Kier alpha value is -2.39. The molecule has 136 valence electrons. The predicted molar refractivity (Wildman–Crippen MR) is 91.8 cm³/mol. The molecule has 0 radical (unpaired) electrons. The van der Waals surface area contributed by atoms with E-state index in [0.29, 0.717) is 37.6 Å². The third kappa shape index (κ3) is 3.99. The number of aliphatic hydroxyl groups excluding tert-OH is 1. The normalized spacial score (nSPS) is 23.3. The van der Waals surface area contributed by atoms with E-state index in [2.05, 4.69) is 10.4 Å². The number of carbonyl (C=O) groups is 1. The Bertz CT molecular complexity index is 671. The molecule has 1 aromatic rings. The maximum Gasteiger partial charge on any atom is 0.238 e. The zero-order valence-corrected chi connectivity index (χ0v) is 14.2. The minimum Gasteiger partial charge on any atom is -0.354 e. The second-order valence-corrected chi connectivity index (χ2v) is 6.12. The van der Waals surface area contributed by atoms with E-state index in [-0.39, 0.29) is 12.0 Å². The van der Waals surface area contributed by atoms with Crippen molar-refractivity contribution in [1.82, 2.24) is 10.3 Å². The summed E-state index contributed by atoms with van der Waals surface area (Å²) in [6.45, 7) is 3.42. The van der Waals surface area contributed by atoms with Gasteiger partial charge in [0.1, 0.15) is 12.2 Å². The smallest absolute Gasteiger partial charge is 0.238 e. The number of benzene rings is 1. The Morgan fingerprint density at radius 3 is 2.92 bits per heavy atom. The lowest BCUT2D eigenvalue weighted by Gasteiger charge is -2.28. The van der Waals surface area contributed by atoms with Crippen LogP contribution < -0.4 is 15.1 Å². The summed E-state index contributed by atoms with van der Waals surface area (Å²) in [6.07, 6.45) is 0.0689. The Morgan fingerprint density at radius 1 is 1.48 bits per heavy atom. The average molecular weight is 351 g/mol. The Kier molecular flexibility index (Phi) is 5.05. The number of anilines is 2. The molecule has 2 N–H and O–H groups in total. The van der Waals surface area contributed by atoms with Crippen LogP contribution in [0.1, 0.15) is 6.92 Å². The number of aliphatic hydroxyl groups is 1. The van der Waals surface area contributed by atoms with Crippen LogP contribution in [0.15, 0.2) is 23.3 Å². The first-order chi connectivity index (χ1) is 11.9. The molecular formula is C16H22FN5O3. The highest BCUT2D eigenvalue weighted by Crippen LogP contribution is 2.28. The molecule has 2 aliphatic heterocycles. The summed E-state index contributed by atoms with van der Waals surface area (Å²) >= 11 is 0. The number of carbonyl (C=O) groups excluding carboxylic acids is 1. The van der Waals surface area contributed by atoms with E-state index in [4.69, 9.17) is 4.74 Å². The van der Waals surface area contributed by atoms with E-state index < -0.39 is 12.2 Å². The van der Waals surface area contributed by atoms with Crippen LogP contribution in [0.4, 0.5) is 15.8 Å². The van der Waals surface area contributed by atoms with E-state index in [0.717, 1.165) is 0 Å². The lowest BCUT2D eigenvalue weighted by molar-refractivity contribution is -0.121. The third-order valence-corrected chi connectivity index (χ3v) is 4.18. The monoisotopic (exact) mass is 351 g/mol. The van der Waals surface area contributed by atoms with Gasteiger partial charge in [-0.3, -0.25) is 9.80 Å². The van der Waals surface area contributed by atoms with E-state index >= 15 is 0 Å². The summed E-state index contributed by atoms with van der Waals surface area (Å²) in [6, 6.07) is 4.77. The van der Waals surface area contributed by atoms with Crippen LogP contribution >= 0.6 is 0 Å². The van der Waals surface area contributed by atoms with Crippen molar-refractivity contribution >= 4 is 23.6 Å². The van der Waals surface area contributed by atoms with Crippen molar-refractivity contribution in [3.05, 3.63) is 24.0 Å². The molecular weight excluding hydrogens is 329 g/mol. The number of halogens is 1. The van der Waals surface area contributed by atoms with Gasteiger partial charge < -0.3 is 25.0 Å². The average Bonchev–Trinajstić information content (AvgIpc) is 2.95. The topological polar surface area (TPSA) is 80.6 Å². The van der Waals surface area contributed by atoms with Gasteiger partial charge in [0.15, 0.2) is 0 Å². The molecule has 2 heterocycles. The van der Waals surface area contributed by atoms with Crippen molar-refractivity contribution in [1.29, 1.82) is 0 Å². The predicted octanol–water partition coefficient (Wildman–Crippen LogP) is 0.138. The number of hydrogen-bond donors (Lipinski definition) is 2. The fourth-order valence-electron chi connectivity index (χ4n) is 2.81. The zero-order chi connectivity index (χ0) is 18.0. The molecule has 1 saturated heterocycles. The second-order valence-electron chi connectivity index (χ2n) is 6.12. The molecule has 0 bridgehead atoms. The summed E-state index contributed by atoms with van der Waals surface area (Å²) in [5.74, 6) is -0.563. The second kappa shape index (κ2) is 7.24. The molecule has 0 spiro atoms. The minimum atomic E-state index is -1.17. The van der Waals surface area contributed by atoms with Crippen LogP contribution in [0, 0.1) is 5.82 Å². The van der Waals surface area contributed by atoms with Gasteiger partial charge in [-0.1, -0.05) is 0 Å². The largest absolute Gasteiger partial charge is 0.354 e. The van der Waals surface area contributed by atoms with Crippen molar-refractivity contribution in [2.75, 3.05) is 43.0 Å². The molecule has 1 amide bonds. The highest BCUT2D eigenvalue weighted by molar-refractivity contribution is 5.80. The first-order valence-corrected chi connectivity index (χ1v) is 8.10. The molecule has 0 saturated carbocycles. The number of hydrazone groups is 1. The van der Waals surface area contributed by atoms with Gasteiger partial charge in [-0.15, -0.1) is 0 Å². The Balaban J connectivity index is 1.70. The molecule has 0 aliphatic carbocycles. The van der Waals surface area contributed by atoms with Crippen LogP contribution in [-0.2, 0) is 9.53 Å². The van der Waals surface area contributed by atoms with Crippen LogP contribution in [0.3, 0.4) is 0 Å². The molecule has 25 heavy (non-hydrogen) atoms. The quantitative estimate of drug-likeness (QED) is 0.803. The van der Waals surface area contributed by atoms with Crippen LogP contribution in [-0.4, -0.2) is 68.1 Å².